The first kappa shape index (κ1) is 9.34. The van der Waals surface area contributed by atoms with Crippen molar-refractivity contribution in [2.24, 2.45) is 0 Å². The molecule has 1 heterocycles. The van der Waals surface area contributed by atoms with Gasteiger partial charge in [0.25, 0.3) is 0 Å². The number of benzene rings is 1. The van der Waals surface area contributed by atoms with E-state index in [1.807, 2.05) is 6.07 Å². The normalized spacial score (nSPS) is 22.0. The third-order valence-corrected chi connectivity index (χ3v) is 3.12. The Balaban J connectivity index is 2.53. The fourth-order valence-electron chi connectivity index (χ4n) is 2.01. The van der Waals surface area contributed by atoms with Crippen molar-refractivity contribution in [3.05, 3.63) is 23.3 Å². The van der Waals surface area contributed by atoms with Crippen molar-refractivity contribution in [2.45, 2.75) is 19.4 Å². The highest BCUT2D eigenvalue weighted by atomic mass is 16.3. The lowest BCUT2D eigenvalue weighted by Crippen LogP contribution is -2.30. The molecular weight excluding hydrogens is 178 g/mol. The molecule has 0 bridgehead atoms. The molecular formula is C11H15NO2. The van der Waals surface area contributed by atoms with Crippen molar-refractivity contribution in [2.75, 3.05) is 13.6 Å². The maximum absolute atomic E-state index is 9.68. The summed E-state index contributed by atoms with van der Waals surface area (Å²) in [6.45, 7) is 3.03. The summed E-state index contributed by atoms with van der Waals surface area (Å²) in [7, 11) is 2.07. The van der Waals surface area contributed by atoms with Gasteiger partial charge in [0.05, 0.1) is 0 Å². The lowest BCUT2D eigenvalue weighted by Gasteiger charge is -2.32. The van der Waals surface area contributed by atoms with Crippen LogP contribution in [-0.4, -0.2) is 28.7 Å². The second-order valence-electron chi connectivity index (χ2n) is 3.91. The molecule has 0 aliphatic carbocycles. The van der Waals surface area contributed by atoms with E-state index in [-0.39, 0.29) is 11.5 Å². The second-order valence-corrected chi connectivity index (χ2v) is 3.91. The minimum Gasteiger partial charge on any atom is -0.504 e. The predicted octanol–water partition coefficient (Wildman–Crippen LogP) is 1.65. The number of nitrogens with zero attached hydrogens (tertiary/aromatic N) is 1. The van der Waals surface area contributed by atoms with E-state index in [2.05, 4.69) is 18.9 Å². The van der Waals surface area contributed by atoms with Gasteiger partial charge in [-0.3, -0.25) is 4.90 Å². The molecule has 14 heavy (non-hydrogen) atoms. The SMILES string of the molecule is C[C@H]1c2ccc(O)c(O)c2CCN1C. The first-order valence-corrected chi connectivity index (χ1v) is 4.85. The number of likely N-dealkylation sites (N-methyl/N-ethyl adjacent to an activating group) is 1. The molecule has 2 N–H and O–H groups in total. The molecule has 0 fully saturated rings. The van der Waals surface area contributed by atoms with Crippen LogP contribution in [0.4, 0.5) is 0 Å². The summed E-state index contributed by atoms with van der Waals surface area (Å²) >= 11 is 0. The molecule has 0 saturated heterocycles. The third-order valence-electron chi connectivity index (χ3n) is 3.12. The van der Waals surface area contributed by atoms with Crippen LogP contribution in [0.1, 0.15) is 24.1 Å². The lowest BCUT2D eigenvalue weighted by molar-refractivity contribution is 0.243. The summed E-state index contributed by atoms with van der Waals surface area (Å²) < 4.78 is 0. The van der Waals surface area contributed by atoms with Crippen LogP contribution in [0, 0.1) is 0 Å². The van der Waals surface area contributed by atoms with Crippen molar-refractivity contribution < 1.29 is 10.2 Å². The number of aromatic hydroxyl groups is 2. The van der Waals surface area contributed by atoms with E-state index < -0.39 is 0 Å². The minimum atomic E-state index is -0.0134. The maximum Gasteiger partial charge on any atom is 0.161 e. The Kier molecular flexibility index (Phi) is 2.11. The summed E-state index contributed by atoms with van der Waals surface area (Å²) in [5.41, 5.74) is 2.02. The number of phenolic OH excluding ortho intramolecular Hbond substituents is 2. The quantitative estimate of drug-likeness (QED) is 0.616. The van der Waals surface area contributed by atoms with Gasteiger partial charge in [-0.15, -0.1) is 0 Å². The number of hydrogen-bond donors (Lipinski definition) is 2. The molecule has 1 aliphatic rings. The molecule has 0 amide bonds. The third kappa shape index (κ3) is 1.24. The minimum absolute atomic E-state index is 0.0134. The van der Waals surface area contributed by atoms with Gasteiger partial charge in [0.15, 0.2) is 11.5 Å². The largest absolute Gasteiger partial charge is 0.504 e. The zero-order valence-electron chi connectivity index (χ0n) is 8.49. The van der Waals surface area contributed by atoms with Crippen molar-refractivity contribution in [3.8, 4) is 11.5 Å². The van der Waals surface area contributed by atoms with Crippen LogP contribution in [0.3, 0.4) is 0 Å². The first-order valence-electron chi connectivity index (χ1n) is 4.85. The Hall–Kier alpha value is -1.22. The molecule has 0 aromatic heterocycles. The van der Waals surface area contributed by atoms with Gasteiger partial charge in [0.1, 0.15) is 0 Å². The summed E-state index contributed by atoms with van der Waals surface area (Å²) in [6.07, 6.45) is 0.802. The van der Waals surface area contributed by atoms with Crippen LogP contribution >= 0.6 is 0 Å². The lowest BCUT2D eigenvalue weighted by atomic mass is 9.93. The Morgan fingerprint density at radius 1 is 1.36 bits per heavy atom. The van der Waals surface area contributed by atoms with Crippen molar-refractivity contribution in [3.63, 3.8) is 0 Å². The van der Waals surface area contributed by atoms with Gasteiger partial charge < -0.3 is 10.2 Å². The number of hydrogen-bond acceptors (Lipinski definition) is 3. The van der Waals surface area contributed by atoms with Crippen molar-refractivity contribution in [1.82, 2.24) is 4.90 Å². The molecule has 3 heteroatoms. The molecule has 1 aliphatic heterocycles. The Bertz CT molecular complexity index is 363. The van der Waals surface area contributed by atoms with Gasteiger partial charge in [-0.2, -0.15) is 0 Å². The molecule has 3 nitrogen and oxygen atoms in total. The van der Waals surface area contributed by atoms with E-state index in [4.69, 9.17) is 0 Å². The monoisotopic (exact) mass is 193 g/mol. The molecule has 1 atom stereocenters. The van der Waals surface area contributed by atoms with Gasteiger partial charge in [-0.1, -0.05) is 6.07 Å². The zero-order chi connectivity index (χ0) is 10.3. The average Bonchev–Trinajstić information content (AvgIpc) is 2.17. The molecule has 0 saturated carbocycles. The van der Waals surface area contributed by atoms with Gasteiger partial charge in [0.2, 0.25) is 0 Å². The second kappa shape index (κ2) is 3.17. The van der Waals surface area contributed by atoms with E-state index in [0.717, 1.165) is 24.1 Å². The van der Waals surface area contributed by atoms with Crippen LogP contribution in [0.25, 0.3) is 0 Å². The number of phenols is 2. The molecule has 76 valence electrons. The highest BCUT2D eigenvalue weighted by molar-refractivity contribution is 5.50. The van der Waals surface area contributed by atoms with Gasteiger partial charge in [-0.25, -0.2) is 0 Å². The Morgan fingerprint density at radius 3 is 2.79 bits per heavy atom. The van der Waals surface area contributed by atoms with Crippen LogP contribution in [0.15, 0.2) is 12.1 Å². The van der Waals surface area contributed by atoms with Gasteiger partial charge >= 0.3 is 0 Å². The Labute approximate surface area is 83.6 Å². The number of rotatable bonds is 0. The van der Waals surface area contributed by atoms with Crippen LogP contribution in [0.2, 0.25) is 0 Å². The summed E-state index contributed by atoms with van der Waals surface area (Å²) in [4.78, 5) is 2.23. The predicted molar refractivity (Wildman–Crippen MR) is 54.5 cm³/mol. The van der Waals surface area contributed by atoms with Crippen LogP contribution < -0.4 is 0 Å². The molecule has 0 spiro atoms. The van der Waals surface area contributed by atoms with Gasteiger partial charge in [-0.05, 0) is 32.0 Å². The topological polar surface area (TPSA) is 43.7 Å². The average molecular weight is 193 g/mol. The fourth-order valence-corrected chi connectivity index (χ4v) is 2.01. The van der Waals surface area contributed by atoms with Crippen molar-refractivity contribution >= 4 is 0 Å². The zero-order valence-corrected chi connectivity index (χ0v) is 8.49. The highest BCUT2D eigenvalue weighted by Crippen LogP contribution is 2.38. The van der Waals surface area contributed by atoms with Crippen LogP contribution in [0.5, 0.6) is 11.5 Å². The summed E-state index contributed by atoms with van der Waals surface area (Å²) in [6, 6.07) is 3.76. The molecule has 0 radical (unpaired) electrons. The molecule has 1 aromatic carbocycles. The maximum atomic E-state index is 9.68. The highest BCUT2D eigenvalue weighted by Gasteiger charge is 2.24. The standard InChI is InChI=1S/C11H15NO2/c1-7-8-3-4-10(13)11(14)9(8)5-6-12(7)2/h3-4,7,13-14H,5-6H2,1-2H3/t7-/m0/s1. The van der Waals surface area contributed by atoms with E-state index >= 15 is 0 Å². The molecule has 0 unspecified atom stereocenters. The summed E-state index contributed by atoms with van der Waals surface area (Å²) in [5.74, 6) is 0.0444. The van der Waals surface area contributed by atoms with Crippen molar-refractivity contribution in [1.29, 1.82) is 0 Å². The first-order chi connectivity index (χ1) is 6.61. The Morgan fingerprint density at radius 2 is 2.07 bits per heavy atom. The van der Waals surface area contributed by atoms with E-state index in [1.54, 1.807) is 6.07 Å². The molecule has 1 aromatic rings. The smallest absolute Gasteiger partial charge is 0.161 e. The van der Waals surface area contributed by atoms with E-state index in [1.165, 1.54) is 0 Å². The van der Waals surface area contributed by atoms with Crippen LogP contribution in [-0.2, 0) is 6.42 Å². The molecule has 2 rings (SSSR count). The number of fused-ring (bicyclic) bond motifs is 1. The fraction of sp³-hybridized carbons (Fsp3) is 0.455. The summed E-state index contributed by atoms with van der Waals surface area (Å²) in [5, 5.41) is 19.0. The van der Waals surface area contributed by atoms with Gasteiger partial charge in [0, 0.05) is 18.2 Å². The van der Waals surface area contributed by atoms with E-state index in [0.29, 0.717) is 6.04 Å². The van der Waals surface area contributed by atoms with E-state index in [9.17, 15) is 10.2 Å².